The quantitative estimate of drug-likeness (QED) is 0.656. The maximum absolute atomic E-state index is 5.23. The van der Waals surface area contributed by atoms with Gasteiger partial charge in [0.15, 0.2) is 12.2 Å². The SMILES string of the molecule is CC(C)C1=CC=Cc2ocnc2C1. The first kappa shape index (κ1) is 8.30. The van der Waals surface area contributed by atoms with Crippen LogP contribution < -0.4 is 0 Å². The molecule has 2 rings (SSSR count). The second-order valence-electron chi connectivity index (χ2n) is 3.60. The molecule has 0 bridgehead atoms. The van der Waals surface area contributed by atoms with Gasteiger partial charge in [-0.15, -0.1) is 0 Å². The Balaban J connectivity index is 2.34. The van der Waals surface area contributed by atoms with E-state index in [2.05, 4.69) is 24.9 Å². The van der Waals surface area contributed by atoms with E-state index in [1.54, 1.807) is 0 Å². The predicted molar refractivity (Wildman–Crippen MR) is 52.2 cm³/mol. The number of nitrogens with zero attached hydrogens (tertiary/aromatic N) is 1. The largest absolute Gasteiger partial charge is 0.444 e. The molecular weight excluding hydrogens is 162 g/mol. The van der Waals surface area contributed by atoms with E-state index in [9.17, 15) is 0 Å². The van der Waals surface area contributed by atoms with E-state index in [0.717, 1.165) is 17.9 Å². The van der Waals surface area contributed by atoms with Gasteiger partial charge in [-0.1, -0.05) is 31.6 Å². The average molecular weight is 175 g/mol. The van der Waals surface area contributed by atoms with Crippen molar-refractivity contribution in [1.82, 2.24) is 4.98 Å². The van der Waals surface area contributed by atoms with Crippen LogP contribution in [0.3, 0.4) is 0 Å². The average Bonchev–Trinajstić information content (AvgIpc) is 2.42. The minimum atomic E-state index is 0.576. The normalized spacial score (nSPS) is 15.5. The van der Waals surface area contributed by atoms with Crippen molar-refractivity contribution in [3.05, 3.63) is 35.6 Å². The Morgan fingerprint density at radius 2 is 2.31 bits per heavy atom. The fourth-order valence-electron chi connectivity index (χ4n) is 1.45. The molecule has 0 saturated heterocycles. The Kier molecular flexibility index (Phi) is 2.05. The van der Waals surface area contributed by atoms with Crippen LogP contribution in [0.5, 0.6) is 0 Å². The van der Waals surface area contributed by atoms with Crippen LogP contribution in [0.2, 0.25) is 0 Å². The van der Waals surface area contributed by atoms with Crippen molar-refractivity contribution < 1.29 is 4.42 Å². The summed E-state index contributed by atoms with van der Waals surface area (Å²) in [6.45, 7) is 4.40. The maximum Gasteiger partial charge on any atom is 0.181 e. The Morgan fingerprint density at radius 3 is 3.08 bits per heavy atom. The monoisotopic (exact) mass is 175 g/mol. The third-order valence-corrected chi connectivity index (χ3v) is 2.34. The minimum absolute atomic E-state index is 0.576. The number of rotatable bonds is 1. The van der Waals surface area contributed by atoms with Gasteiger partial charge in [0, 0.05) is 6.42 Å². The van der Waals surface area contributed by atoms with E-state index in [-0.39, 0.29) is 0 Å². The zero-order valence-corrected chi connectivity index (χ0v) is 7.95. The van der Waals surface area contributed by atoms with Crippen LogP contribution >= 0.6 is 0 Å². The number of aromatic nitrogens is 1. The molecule has 0 N–H and O–H groups in total. The van der Waals surface area contributed by atoms with Crippen LogP contribution in [0.4, 0.5) is 0 Å². The number of fused-ring (bicyclic) bond motifs is 1. The molecule has 0 aliphatic heterocycles. The van der Waals surface area contributed by atoms with Crippen molar-refractivity contribution in [2.75, 3.05) is 0 Å². The fraction of sp³-hybridized carbons (Fsp3) is 0.364. The zero-order chi connectivity index (χ0) is 9.26. The van der Waals surface area contributed by atoms with Crippen molar-refractivity contribution in [1.29, 1.82) is 0 Å². The van der Waals surface area contributed by atoms with Crippen LogP contribution in [-0.2, 0) is 6.42 Å². The second-order valence-corrected chi connectivity index (χ2v) is 3.60. The molecule has 0 aromatic carbocycles. The molecule has 1 aliphatic carbocycles. The summed E-state index contributed by atoms with van der Waals surface area (Å²) in [5.74, 6) is 1.47. The molecule has 2 nitrogen and oxygen atoms in total. The van der Waals surface area contributed by atoms with Crippen LogP contribution in [0.1, 0.15) is 25.3 Å². The van der Waals surface area contributed by atoms with Crippen molar-refractivity contribution >= 4 is 6.08 Å². The standard InChI is InChI=1S/C11H13NO/c1-8(2)9-4-3-5-11-10(6-9)12-7-13-11/h3-5,7-8H,6H2,1-2H3. The first-order valence-corrected chi connectivity index (χ1v) is 4.57. The maximum atomic E-state index is 5.23. The van der Waals surface area contributed by atoms with Crippen molar-refractivity contribution in [2.24, 2.45) is 5.92 Å². The highest BCUT2D eigenvalue weighted by molar-refractivity contribution is 5.51. The first-order valence-electron chi connectivity index (χ1n) is 4.57. The third kappa shape index (κ3) is 1.57. The molecule has 13 heavy (non-hydrogen) atoms. The lowest BCUT2D eigenvalue weighted by atomic mass is 9.99. The van der Waals surface area contributed by atoms with Gasteiger partial charge in [-0.25, -0.2) is 4.98 Å². The molecule has 0 atom stereocenters. The molecule has 1 heterocycles. The number of hydrogen-bond acceptors (Lipinski definition) is 2. The van der Waals surface area contributed by atoms with Gasteiger partial charge in [-0.2, -0.15) is 0 Å². The number of hydrogen-bond donors (Lipinski definition) is 0. The van der Waals surface area contributed by atoms with Crippen LogP contribution in [0.25, 0.3) is 6.08 Å². The smallest absolute Gasteiger partial charge is 0.181 e. The minimum Gasteiger partial charge on any atom is -0.444 e. The highest BCUT2D eigenvalue weighted by Crippen LogP contribution is 2.22. The predicted octanol–water partition coefficient (Wildman–Crippen LogP) is 2.83. The van der Waals surface area contributed by atoms with Gasteiger partial charge in [0.2, 0.25) is 0 Å². The molecule has 1 aliphatic rings. The summed E-state index contributed by atoms with van der Waals surface area (Å²) in [6, 6.07) is 0. The van der Waals surface area contributed by atoms with Crippen molar-refractivity contribution in [3.8, 4) is 0 Å². The van der Waals surface area contributed by atoms with Gasteiger partial charge in [-0.3, -0.25) is 0 Å². The highest BCUT2D eigenvalue weighted by atomic mass is 16.3. The van der Waals surface area contributed by atoms with E-state index < -0.39 is 0 Å². The fourth-order valence-corrected chi connectivity index (χ4v) is 1.45. The molecule has 0 spiro atoms. The number of oxazole rings is 1. The van der Waals surface area contributed by atoms with Gasteiger partial charge >= 0.3 is 0 Å². The summed E-state index contributed by atoms with van der Waals surface area (Å²) in [7, 11) is 0. The molecule has 0 unspecified atom stereocenters. The summed E-state index contributed by atoms with van der Waals surface area (Å²) in [5, 5.41) is 0. The summed E-state index contributed by atoms with van der Waals surface area (Å²) in [6.07, 6.45) is 8.58. The lowest BCUT2D eigenvalue weighted by Gasteiger charge is -2.07. The third-order valence-electron chi connectivity index (χ3n) is 2.34. The molecule has 0 saturated carbocycles. The summed E-state index contributed by atoms with van der Waals surface area (Å²) < 4.78 is 5.23. The van der Waals surface area contributed by atoms with Gasteiger partial charge in [0.1, 0.15) is 0 Å². The van der Waals surface area contributed by atoms with E-state index in [1.807, 2.05) is 12.2 Å². The van der Waals surface area contributed by atoms with Crippen LogP contribution in [-0.4, -0.2) is 4.98 Å². The Morgan fingerprint density at radius 1 is 1.46 bits per heavy atom. The van der Waals surface area contributed by atoms with E-state index in [0.29, 0.717) is 5.92 Å². The molecule has 1 aromatic heterocycles. The van der Waals surface area contributed by atoms with E-state index in [1.165, 1.54) is 12.0 Å². The van der Waals surface area contributed by atoms with E-state index >= 15 is 0 Å². The Bertz CT molecular complexity index is 358. The topological polar surface area (TPSA) is 26.0 Å². The molecular formula is C11H13NO. The molecule has 68 valence electrons. The van der Waals surface area contributed by atoms with Gasteiger partial charge in [0.25, 0.3) is 0 Å². The van der Waals surface area contributed by atoms with E-state index in [4.69, 9.17) is 4.42 Å². The van der Waals surface area contributed by atoms with Gasteiger partial charge in [-0.05, 0) is 12.0 Å². The van der Waals surface area contributed by atoms with Crippen LogP contribution in [0.15, 0.2) is 28.5 Å². The highest BCUT2D eigenvalue weighted by Gasteiger charge is 2.12. The lowest BCUT2D eigenvalue weighted by Crippen LogP contribution is -1.98. The lowest BCUT2D eigenvalue weighted by molar-refractivity contribution is 0.546. The Labute approximate surface area is 78.0 Å². The summed E-state index contributed by atoms with van der Waals surface area (Å²) in [4.78, 5) is 4.19. The first-order chi connectivity index (χ1) is 6.27. The van der Waals surface area contributed by atoms with Crippen molar-refractivity contribution in [2.45, 2.75) is 20.3 Å². The molecule has 1 aromatic rings. The summed E-state index contributed by atoms with van der Waals surface area (Å²) in [5.41, 5.74) is 2.46. The number of allylic oxidation sites excluding steroid dienone is 3. The molecule has 0 radical (unpaired) electrons. The Hall–Kier alpha value is -1.31. The second kappa shape index (κ2) is 3.21. The van der Waals surface area contributed by atoms with Gasteiger partial charge < -0.3 is 4.42 Å². The zero-order valence-electron chi connectivity index (χ0n) is 7.95. The molecule has 0 fully saturated rings. The van der Waals surface area contributed by atoms with Gasteiger partial charge in [0.05, 0.1) is 5.69 Å². The van der Waals surface area contributed by atoms with Crippen LogP contribution in [0, 0.1) is 5.92 Å². The molecule has 2 heteroatoms. The summed E-state index contributed by atoms with van der Waals surface area (Å²) >= 11 is 0. The van der Waals surface area contributed by atoms with Crippen molar-refractivity contribution in [3.63, 3.8) is 0 Å². The molecule has 0 amide bonds.